The molecule has 0 saturated carbocycles. The minimum Gasteiger partial charge on any atom is -0.338 e. The summed E-state index contributed by atoms with van der Waals surface area (Å²) >= 11 is 0. The Morgan fingerprint density at radius 2 is 1.76 bits per heavy atom. The van der Waals surface area contributed by atoms with Crippen molar-refractivity contribution in [3.05, 3.63) is 35.6 Å². The van der Waals surface area contributed by atoms with Gasteiger partial charge in [-0.15, -0.1) is 0 Å². The van der Waals surface area contributed by atoms with Crippen molar-refractivity contribution in [3.8, 4) is 0 Å². The highest BCUT2D eigenvalue weighted by Crippen LogP contribution is 2.13. The summed E-state index contributed by atoms with van der Waals surface area (Å²) in [6, 6.07) is 6.08. The summed E-state index contributed by atoms with van der Waals surface area (Å²) in [6.45, 7) is 0.918. The van der Waals surface area contributed by atoms with Crippen molar-refractivity contribution in [2.24, 2.45) is 0 Å². The molecule has 0 N–H and O–H groups in total. The van der Waals surface area contributed by atoms with Crippen LogP contribution in [-0.2, 0) is 16.1 Å². The zero-order chi connectivity index (χ0) is 12.3. The van der Waals surface area contributed by atoms with Crippen LogP contribution in [0, 0.1) is 5.82 Å². The molecule has 1 aromatic carbocycles. The topological polar surface area (TPSA) is 37.4 Å². The van der Waals surface area contributed by atoms with Gasteiger partial charge in [-0.05, 0) is 17.7 Å². The monoisotopic (exact) mass is 235 g/mol. The number of benzene rings is 1. The first-order valence-electron chi connectivity index (χ1n) is 5.69. The van der Waals surface area contributed by atoms with Crippen molar-refractivity contribution in [2.75, 3.05) is 6.54 Å². The van der Waals surface area contributed by atoms with Crippen molar-refractivity contribution in [2.45, 2.75) is 25.8 Å². The van der Waals surface area contributed by atoms with Crippen LogP contribution < -0.4 is 0 Å². The Balaban J connectivity index is 2.04. The highest BCUT2D eigenvalue weighted by atomic mass is 19.1. The third-order valence-electron chi connectivity index (χ3n) is 2.92. The van der Waals surface area contributed by atoms with Crippen LogP contribution in [0.1, 0.15) is 24.8 Å². The van der Waals surface area contributed by atoms with Crippen molar-refractivity contribution < 1.29 is 14.0 Å². The first-order chi connectivity index (χ1) is 8.15. The van der Waals surface area contributed by atoms with Crippen LogP contribution in [0.4, 0.5) is 4.39 Å². The van der Waals surface area contributed by atoms with Gasteiger partial charge in [0.25, 0.3) is 0 Å². The van der Waals surface area contributed by atoms with E-state index < -0.39 is 0 Å². The predicted octanol–water partition coefficient (Wildman–Crippen LogP) is 1.91. The maximum absolute atomic E-state index is 12.7. The highest BCUT2D eigenvalue weighted by molar-refractivity contribution is 5.87. The molecule has 1 saturated heterocycles. The number of carbonyl (C=O) groups is 2. The molecule has 3 nitrogen and oxygen atoms in total. The smallest absolute Gasteiger partial charge is 0.223 e. The molecule has 0 aliphatic carbocycles. The predicted molar refractivity (Wildman–Crippen MR) is 60.7 cm³/mol. The minimum absolute atomic E-state index is 0.000162. The Morgan fingerprint density at radius 3 is 2.47 bits per heavy atom. The van der Waals surface area contributed by atoms with Gasteiger partial charge >= 0.3 is 0 Å². The molecule has 0 atom stereocenters. The van der Waals surface area contributed by atoms with Crippen LogP contribution in [0.15, 0.2) is 24.3 Å². The average Bonchev–Trinajstić information content (AvgIpc) is 2.47. The fourth-order valence-electron chi connectivity index (χ4n) is 1.89. The van der Waals surface area contributed by atoms with Crippen molar-refractivity contribution in [1.82, 2.24) is 4.90 Å². The molecule has 0 bridgehead atoms. The van der Waals surface area contributed by atoms with Crippen LogP contribution >= 0.6 is 0 Å². The second-order valence-electron chi connectivity index (χ2n) is 4.23. The Bertz CT molecular complexity index is 428. The summed E-state index contributed by atoms with van der Waals surface area (Å²) in [5, 5.41) is 0. The van der Waals surface area contributed by atoms with Crippen LogP contribution in [0.3, 0.4) is 0 Å². The lowest BCUT2D eigenvalue weighted by Crippen LogP contribution is -2.29. The first kappa shape index (κ1) is 11.8. The van der Waals surface area contributed by atoms with Gasteiger partial charge in [0.2, 0.25) is 5.91 Å². The Kier molecular flexibility index (Phi) is 3.52. The van der Waals surface area contributed by atoms with Gasteiger partial charge in [-0.25, -0.2) is 4.39 Å². The van der Waals surface area contributed by atoms with Crippen molar-refractivity contribution in [3.63, 3.8) is 0 Å². The first-order valence-corrected chi connectivity index (χ1v) is 5.69. The Labute approximate surface area is 99.2 Å². The summed E-state index contributed by atoms with van der Waals surface area (Å²) in [5.41, 5.74) is 0.883. The zero-order valence-electron chi connectivity index (χ0n) is 9.49. The number of likely N-dealkylation sites (tertiary alicyclic amines) is 1. The van der Waals surface area contributed by atoms with Gasteiger partial charge in [0.15, 0.2) is 0 Å². The van der Waals surface area contributed by atoms with Gasteiger partial charge in [-0.1, -0.05) is 12.1 Å². The average molecular weight is 235 g/mol. The molecule has 90 valence electrons. The molecular weight excluding hydrogens is 221 g/mol. The second-order valence-corrected chi connectivity index (χ2v) is 4.23. The van der Waals surface area contributed by atoms with E-state index in [1.165, 1.54) is 12.1 Å². The zero-order valence-corrected chi connectivity index (χ0v) is 9.49. The van der Waals surface area contributed by atoms with Gasteiger partial charge in [0.05, 0.1) is 0 Å². The van der Waals surface area contributed by atoms with Gasteiger partial charge in [-0.3, -0.25) is 9.59 Å². The van der Waals surface area contributed by atoms with E-state index in [1.54, 1.807) is 17.0 Å². The molecule has 1 aliphatic rings. The molecule has 17 heavy (non-hydrogen) atoms. The van der Waals surface area contributed by atoms with Gasteiger partial charge in [-0.2, -0.15) is 0 Å². The maximum atomic E-state index is 12.7. The normalized spacial score (nSPS) is 17.1. The molecule has 4 heteroatoms. The molecular formula is C13H14FNO2. The third-order valence-corrected chi connectivity index (χ3v) is 2.92. The number of hydrogen-bond donors (Lipinski definition) is 0. The molecule has 0 spiro atoms. The lowest BCUT2D eigenvalue weighted by Gasteiger charge is -2.20. The van der Waals surface area contributed by atoms with Gasteiger partial charge < -0.3 is 4.90 Å². The standard InChI is InChI=1S/C13H14FNO2/c14-11-3-1-10(2-4-11)9-15-8-7-12(16)5-6-13(15)17/h1-4H,5-9H2. The fourth-order valence-corrected chi connectivity index (χ4v) is 1.89. The number of nitrogens with zero attached hydrogens (tertiary/aromatic N) is 1. The minimum atomic E-state index is -0.286. The second kappa shape index (κ2) is 5.08. The fraction of sp³-hybridized carbons (Fsp3) is 0.385. The van der Waals surface area contributed by atoms with Crippen molar-refractivity contribution in [1.29, 1.82) is 0 Å². The molecule has 1 aromatic rings. The van der Waals surface area contributed by atoms with E-state index in [4.69, 9.17) is 0 Å². The van der Waals surface area contributed by atoms with Gasteiger partial charge in [0, 0.05) is 32.4 Å². The number of hydrogen-bond acceptors (Lipinski definition) is 2. The molecule has 0 radical (unpaired) electrons. The molecule has 2 rings (SSSR count). The molecule has 1 amide bonds. The van der Waals surface area contributed by atoms with E-state index in [9.17, 15) is 14.0 Å². The lowest BCUT2D eigenvalue weighted by molar-refractivity contribution is -0.131. The Hall–Kier alpha value is -1.71. The summed E-state index contributed by atoms with van der Waals surface area (Å²) in [4.78, 5) is 24.6. The number of Topliss-reactive ketones (excluding diaryl/α,β-unsaturated/α-hetero) is 1. The summed E-state index contributed by atoms with van der Waals surface area (Å²) in [5.74, 6) is -0.147. The van der Waals surface area contributed by atoms with E-state index in [0.29, 0.717) is 32.4 Å². The molecule has 1 aliphatic heterocycles. The quantitative estimate of drug-likeness (QED) is 0.785. The van der Waals surface area contributed by atoms with E-state index in [0.717, 1.165) is 5.56 Å². The van der Waals surface area contributed by atoms with E-state index in [-0.39, 0.29) is 17.5 Å². The number of carbonyl (C=O) groups excluding carboxylic acids is 2. The number of rotatable bonds is 2. The van der Waals surface area contributed by atoms with E-state index in [1.807, 2.05) is 0 Å². The largest absolute Gasteiger partial charge is 0.338 e. The maximum Gasteiger partial charge on any atom is 0.223 e. The van der Waals surface area contributed by atoms with E-state index >= 15 is 0 Å². The van der Waals surface area contributed by atoms with Crippen molar-refractivity contribution >= 4 is 11.7 Å². The van der Waals surface area contributed by atoms with Crippen LogP contribution in [0.25, 0.3) is 0 Å². The molecule has 1 fully saturated rings. The van der Waals surface area contributed by atoms with Gasteiger partial charge in [0.1, 0.15) is 11.6 Å². The highest BCUT2D eigenvalue weighted by Gasteiger charge is 2.20. The van der Waals surface area contributed by atoms with Crippen LogP contribution in [0.5, 0.6) is 0 Å². The van der Waals surface area contributed by atoms with Crippen LogP contribution in [0.2, 0.25) is 0 Å². The SMILES string of the molecule is O=C1CCC(=O)N(Cc2ccc(F)cc2)CC1. The number of ketones is 1. The molecule has 0 unspecified atom stereocenters. The summed E-state index contributed by atoms with van der Waals surface area (Å²) in [6.07, 6.45) is 1.06. The summed E-state index contributed by atoms with van der Waals surface area (Å²) < 4.78 is 12.7. The lowest BCUT2D eigenvalue weighted by atomic mass is 10.2. The molecule has 1 heterocycles. The molecule has 0 aromatic heterocycles. The summed E-state index contributed by atoms with van der Waals surface area (Å²) in [7, 11) is 0. The third kappa shape index (κ3) is 3.12. The number of amides is 1. The van der Waals surface area contributed by atoms with Crippen LogP contribution in [-0.4, -0.2) is 23.1 Å². The Morgan fingerprint density at radius 1 is 1.06 bits per heavy atom. The van der Waals surface area contributed by atoms with E-state index in [2.05, 4.69) is 0 Å². The number of halogens is 1.